The number of carbonyl (C=O) groups excluding carboxylic acids is 1. The molecule has 1 aromatic heterocycles. The van der Waals surface area contributed by atoms with E-state index in [-0.39, 0.29) is 41.7 Å². The quantitative estimate of drug-likeness (QED) is 0.174. The average molecular weight is 656 g/mol. The number of amides is 1. The highest BCUT2D eigenvalue weighted by atomic mass is 19.2. The van der Waals surface area contributed by atoms with Crippen molar-refractivity contribution >= 4 is 11.6 Å². The lowest BCUT2D eigenvalue weighted by atomic mass is 9.89. The van der Waals surface area contributed by atoms with Gasteiger partial charge in [-0.25, -0.2) is 14.1 Å². The molecule has 1 aliphatic heterocycles. The minimum absolute atomic E-state index is 0.142. The SMILES string of the molecule is CC.CCCC(CC)Nc1c(OC)ccc(-c2ccc(=O)n(CCCCOc3ccc(C4C(C)CC(=O)NN4C)c(F)c3F)n2)c1C. The molecule has 2 heterocycles. The zero-order chi connectivity index (χ0) is 34.7. The molecule has 1 saturated heterocycles. The summed E-state index contributed by atoms with van der Waals surface area (Å²) in [5.74, 6) is -1.80. The standard InChI is InChI=1S/C34H45F2N5O4.C2H6/c1-7-11-23(8-2)37-33-22(4)24(12-16-28(33)44-6)26-14-17-30(43)41(38-26)18-9-10-19-45-27-15-13-25(31(35)32(27)36)34-21(3)20-29(42)39-40(34)5;1-2/h12-17,21,23,34,37H,7-11,18-20H2,1-6H3,(H,39,42);1-2H3. The summed E-state index contributed by atoms with van der Waals surface area (Å²) in [6, 6.07) is 9.85. The number of anilines is 1. The predicted molar refractivity (Wildman–Crippen MR) is 183 cm³/mol. The first-order chi connectivity index (χ1) is 22.6. The van der Waals surface area contributed by atoms with E-state index >= 15 is 4.39 Å². The van der Waals surface area contributed by atoms with Gasteiger partial charge >= 0.3 is 0 Å². The van der Waals surface area contributed by atoms with E-state index in [1.54, 1.807) is 20.2 Å². The van der Waals surface area contributed by atoms with Gasteiger partial charge in [0, 0.05) is 43.2 Å². The first kappa shape index (κ1) is 37.5. The number of aromatic nitrogens is 2. The number of hydrogen-bond donors (Lipinski definition) is 2. The molecule has 0 aliphatic carbocycles. The molecule has 0 saturated carbocycles. The van der Waals surface area contributed by atoms with Crippen molar-refractivity contribution < 1.29 is 23.0 Å². The second kappa shape index (κ2) is 17.8. The number of nitrogens with one attached hydrogen (secondary N) is 2. The van der Waals surface area contributed by atoms with Crippen LogP contribution >= 0.6 is 0 Å². The lowest BCUT2D eigenvalue weighted by Crippen LogP contribution is -2.49. The predicted octanol–water partition coefficient (Wildman–Crippen LogP) is 7.43. The Morgan fingerprint density at radius 1 is 1.04 bits per heavy atom. The van der Waals surface area contributed by atoms with Crippen LogP contribution in [0.3, 0.4) is 0 Å². The molecule has 0 spiro atoms. The van der Waals surface area contributed by atoms with Gasteiger partial charge in [-0.3, -0.25) is 15.0 Å². The van der Waals surface area contributed by atoms with Gasteiger partial charge in [-0.05, 0) is 68.4 Å². The van der Waals surface area contributed by atoms with Crippen LogP contribution in [-0.2, 0) is 11.3 Å². The van der Waals surface area contributed by atoms with Crippen molar-refractivity contribution in [3.63, 3.8) is 0 Å². The Morgan fingerprint density at radius 3 is 2.43 bits per heavy atom. The van der Waals surface area contributed by atoms with E-state index in [2.05, 4.69) is 29.7 Å². The maximum atomic E-state index is 15.1. The average Bonchev–Trinajstić information content (AvgIpc) is 3.05. The zero-order valence-corrected chi connectivity index (χ0v) is 29.1. The molecular weight excluding hydrogens is 604 g/mol. The minimum atomic E-state index is -1.06. The van der Waals surface area contributed by atoms with Gasteiger partial charge in [-0.2, -0.15) is 9.49 Å². The summed E-state index contributed by atoms with van der Waals surface area (Å²) < 4.78 is 42.7. The molecule has 0 bridgehead atoms. The number of methoxy groups -OCH3 is 1. The van der Waals surface area contributed by atoms with Gasteiger partial charge in [0.15, 0.2) is 11.6 Å². The summed E-state index contributed by atoms with van der Waals surface area (Å²) in [6.07, 6.45) is 4.38. The van der Waals surface area contributed by atoms with Gasteiger partial charge in [0.05, 0.1) is 31.1 Å². The van der Waals surface area contributed by atoms with Crippen molar-refractivity contribution in [1.82, 2.24) is 20.2 Å². The highest BCUT2D eigenvalue weighted by Gasteiger charge is 2.34. The van der Waals surface area contributed by atoms with E-state index in [4.69, 9.17) is 9.47 Å². The molecule has 4 rings (SSSR count). The smallest absolute Gasteiger partial charge is 0.266 e. The van der Waals surface area contributed by atoms with Crippen LogP contribution in [0.2, 0.25) is 0 Å². The first-order valence-corrected chi connectivity index (χ1v) is 16.7. The number of hydrazine groups is 1. The van der Waals surface area contributed by atoms with Crippen LogP contribution < -0.4 is 25.8 Å². The number of hydrogen-bond acceptors (Lipinski definition) is 7. The van der Waals surface area contributed by atoms with E-state index in [1.807, 2.05) is 39.8 Å². The number of aryl methyl sites for hydroxylation is 1. The second-order valence-electron chi connectivity index (χ2n) is 11.7. The number of nitrogens with zero attached hydrogens (tertiary/aromatic N) is 3. The van der Waals surface area contributed by atoms with E-state index < -0.39 is 17.7 Å². The summed E-state index contributed by atoms with van der Waals surface area (Å²) in [7, 11) is 3.29. The van der Waals surface area contributed by atoms with E-state index in [0.29, 0.717) is 31.1 Å². The van der Waals surface area contributed by atoms with Crippen molar-refractivity contribution in [2.24, 2.45) is 5.92 Å². The molecule has 1 aliphatic rings. The van der Waals surface area contributed by atoms with Gasteiger partial charge < -0.3 is 14.8 Å². The van der Waals surface area contributed by atoms with Crippen LogP contribution in [0.15, 0.2) is 41.2 Å². The molecule has 11 heteroatoms. The number of ether oxygens (including phenoxy) is 2. The van der Waals surface area contributed by atoms with Gasteiger partial charge in [-0.1, -0.05) is 47.1 Å². The molecule has 1 fully saturated rings. The zero-order valence-electron chi connectivity index (χ0n) is 29.1. The number of halogens is 2. The first-order valence-electron chi connectivity index (χ1n) is 16.7. The maximum absolute atomic E-state index is 15.1. The third kappa shape index (κ3) is 9.09. The minimum Gasteiger partial charge on any atom is -0.495 e. The van der Waals surface area contributed by atoms with Crippen molar-refractivity contribution in [2.45, 2.75) is 98.7 Å². The molecule has 2 aromatic carbocycles. The monoisotopic (exact) mass is 655 g/mol. The van der Waals surface area contributed by atoms with Crippen molar-refractivity contribution in [2.75, 3.05) is 26.1 Å². The normalized spacial score (nSPS) is 16.9. The lowest BCUT2D eigenvalue weighted by Gasteiger charge is -2.37. The van der Waals surface area contributed by atoms with Crippen LogP contribution in [0.25, 0.3) is 11.3 Å². The summed E-state index contributed by atoms with van der Waals surface area (Å²) in [5.41, 5.74) is 6.10. The number of carbonyl (C=O) groups is 1. The van der Waals surface area contributed by atoms with Gasteiger partial charge in [-0.15, -0.1) is 0 Å². The molecule has 3 aromatic rings. The van der Waals surface area contributed by atoms with E-state index in [9.17, 15) is 14.0 Å². The van der Waals surface area contributed by atoms with Crippen molar-refractivity contribution in [1.29, 1.82) is 0 Å². The molecule has 1 amide bonds. The summed E-state index contributed by atoms with van der Waals surface area (Å²) in [5, 5.41) is 9.80. The lowest BCUT2D eigenvalue weighted by molar-refractivity contribution is -0.132. The Bertz CT molecular complexity index is 1530. The maximum Gasteiger partial charge on any atom is 0.266 e. The topological polar surface area (TPSA) is 97.7 Å². The highest BCUT2D eigenvalue weighted by Crippen LogP contribution is 2.37. The number of unbranched alkanes of at least 4 members (excludes halogenated alkanes) is 1. The molecule has 3 atom stereocenters. The van der Waals surface area contributed by atoms with Gasteiger partial charge in [0.25, 0.3) is 5.56 Å². The summed E-state index contributed by atoms with van der Waals surface area (Å²) >= 11 is 0. The van der Waals surface area contributed by atoms with E-state index in [0.717, 1.165) is 41.8 Å². The Balaban J connectivity index is 0.00000294. The van der Waals surface area contributed by atoms with Gasteiger partial charge in [0.1, 0.15) is 5.75 Å². The Kier molecular flexibility index (Phi) is 14.2. The van der Waals surface area contributed by atoms with Crippen molar-refractivity contribution in [3.05, 3.63) is 69.5 Å². The van der Waals surface area contributed by atoms with Crippen LogP contribution in [0, 0.1) is 24.5 Å². The Labute approximate surface area is 277 Å². The largest absolute Gasteiger partial charge is 0.495 e. The van der Waals surface area contributed by atoms with E-state index in [1.165, 1.54) is 27.9 Å². The number of rotatable bonds is 14. The molecule has 2 N–H and O–H groups in total. The fourth-order valence-electron chi connectivity index (χ4n) is 6.04. The molecular formula is C36H51F2N5O4. The Morgan fingerprint density at radius 2 is 1.77 bits per heavy atom. The summed E-state index contributed by atoms with van der Waals surface area (Å²) in [4.78, 5) is 24.4. The fourth-order valence-corrected chi connectivity index (χ4v) is 6.04. The summed E-state index contributed by atoms with van der Waals surface area (Å²) in [6.45, 7) is 12.7. The second-order valence-corrected chi connectivity index (χ2v) is 11.7. The third-order valence-electron chi connectivity index (χ3n) is 8.45. The van der Waals surface area contributed by atoms with Gasteiger partial charge in [0.2, 0.25) is 11.7 Å². The molecule has 47 heavy (non-hydrogen) atoms. The Hall–Kier alpha value is -3.99. The number of benzene rings is 2. The van der Waals surface area contributed by atoms with Crippen molar-refractivity contribution in [3.8, 4) is 22.8 Å². The van der Waals surface area contributed by atoms with Crippen LogP contribution in [0.4, 0.5) is 14.5 Å². The van der Waals surface area contributed by atoms with Crippen LogP contribution in [0.1, 0.15) is 90.3 Å². The molecule has 3 unspecified atom stereocenters. The fraction of sp³-hybridized carbons (Fsp3) is 0.528. The third-order valence-corrected chi connectivity index (χ3v) is 8.45. The molecule has 258 valence electrons. The molecule has 9 nitrogen and oxygen atoms in total. The van der Waals surface area contributed by atoms with Crippen LogP contribution in [0.5, 0.6) is 11.5 Å². The highest BCUT2D eigenvalue weighted by molar-refractivity contribution is 5.77. The molecule has 0 radical (unpaired) electrons. The van der Waals surface area contributed by atoms with Crippen LogP contribution in [-0.4, -0.2) is 47.5 Å².